The van der Waals surface area contributed by atoms with E-state index in [2.05, 4.69) is 0 Å². The molecule has 2 nitrogen and oxygen atoms in total. The predicted octanol–water partition coefficient (Wildman–Crippen LogP) is 3.78. The van der Waals surface area contributed by atoms with Crippen LogP contribution in [0.25, 0.3) is 0 Å². The molecule has 1 saturated carbocycles. The second-order valence-electron chi connectivity index (χ2n) is 6.34. The molecule has 0 bridgehead atoms. The predicted molar refractivity (Wildman–Crippen MR) is 76.1 cm³/mol. The maximum atomic E-state index is 13.3. The Morgan fingerprint density at radius 1 is 1.30 bits per heavy atom. The van der Waals surface area contributed by atoms with E-state index >= 15 is 0 Å². The van der Waals surface area contributed by atoms with Gasteiger partial charge in [0.1, 0.15) is 5.82 Å². The fourth-order valence-electron chi connectivity index (χ4n) is 3.84. The molecule has 110 valence electrons. The zero-order chi connectivity index (χ0) is 14.0. The van der Waals surface area contributed by atoms with Gasteiger partial charge < -0.3 is 9.84 Å². The summed E-state index contributed by atoms with van der Waals surface area (Å²) >= 11 is 0. The van der Waals surface area contributed by atoms with Crippen LogP contribution in [0.1, 0.15) is 56.4 Å². The molecule has 2 aliphatic rings. The zero-order valence-corrected chi connectivity index (χ0v) is 11.9. The first-order valence-electron chi connectivity index (χ1n) is 7.75. The van der Waals surface area contributed by atoms with E-state index in [-0.39, 0.29) is 30.0 Å². The van der Waals surface area contributed by atoms with Crippen molar-refractivity contribution in [2.75, 3.05) is 6.61 Å². The highest BCUT2D eigenvalue weighted by atomic mass is 19.1. The van der Waals surface area contributed by atoms with Gasteiger partial charge in [-0.2, -0.15) is 0 Å². The molecule has 0 aromatic heterocycles. The van der Waals surface area contributed by atoms with Crippen molar-refractivity contribution in [2.24, 2.45) is 0 Å². The average molecular weight is 278 g/mol. The van der Waals surface area contributed by atoms with E-state index in [1.807, 2.05) is 6.07 Å². The summed E-state index contributed by atoms with van der Waals surface area (Å²) in [6.07, 6.45) is 8.17. The van der Waals surface area contributed by atoms with Gasteiger partial charge in [0.05, 0.1) is 18.3 Å². The highest BCUT2D eigenvalue weighted by Crippen LogP contribution is 2.45. The number of aliphatic hydroxyl groups is 1. The third-order valence-corrected chi connectivity index (χ3v) is 4.94. The Bertz CT molecular complexity index is 454. The molecule has 2 fully saturated rings. The highest BCUT2D eigenvalue weighted by molar-refractivity contribution is 5.21. The van der Waals surface area contributed by atoms with Gasteiger partial charge in [0, 0.05) is 5.92 Å². The maximum Gasteiger partial charge on any atom is 0.123 e. The van der Waals surface area contributed by atoms with Crippen LogP contribution in [-0.4, -0.2) is 23.4 Å². The Morgan fingerprint density at radius 2 is 2.10 bits per heavy atom. The second-order valence-corrected chi connectivity index (χ2v) is 6.34. The summed E-state index contributed by atoms with van der Waals surface area (Å²) < 4.78 is 19.6. The van der Waals surface area contributed by atoms with E-state index in [0.29, 0.717) is 0 Å². The van der Waals surface area contributed by atoms with Gasteiger partial charge in [0.15, 0.2) is 0 Å². The summed E-state index contributed by atoms with van der Waals surface area (Å²) in [6.45, 7) is 0.0519. The molecule has 1 aromatic carbocycles. The van der Waals surface area contributed by atoms with Crippen LogP contribution in [0, 0.1) is 5.82 Å². The van der Waals surface area contributed by atoms with Gasteiger partial charge in [0.2, 0.25) is 0 Å². The molecule has 1 aliphatic carbocycles. The van der Waals surface area contributed by atoms with Crippen LogP contribution in [0.4, 0.5) is 4.39 Å². The molecule has 1 heterocycles. The van der Waals surface area contributed by atoms with Crippen LogP contribution in [-0.2, 0) is 4.74 Å². The summed E-state index contributed by atoms with van der Waals surface area (Å²) in [6, 6.07) is 6.57. The first-order chi connectivity index (χ1) is 9.71. The first kappa shape index (κ1) is 14.0. The molecule has 3 rings (SSSR count). The fraction of sp³-hybridized carbons (Fsp3) is 0.647. The van der Waals surface area contributed by atoms with Crippen LogP contribution in [0.3, 0.4) is 0 Å². The van der Waals surface area contributed by atoms with Crippen molar-refractivity contribution in [3.05, 3.63) is 35.6 Å². The monoisotopic (exact) mass is 278 g/mol. The van der Waals surface area contributed by atoms with Gasteiger partial charge in [-0.3, -0.25) is 0 Å². The van der Waals surface area contributed by atoms with Crippen LogP contribution in [0.5, 0.6) is 0 Å². The smallest absolute Gasteiger partial charge is 0.123 e. The van der Waals surface area contributed by atoms with Gasteiger partial charge in [-0.25, -0.2) is 4.39 Å². The minimum atomic E-state index is -0.236. The fourth-order valence-corrected chi connectivity index (χ4v) is 3.84. The van der Waals surface area contributed by atoms with Crippen molar-refractivity contribution in [1.29, 1.82) is 0 Å². The Morgan fingerprint density at radius 3 is 2.80 bits per heavy atom. The van der Waals surface area contributed by atoms with Crippen molar-refractivity contribution >= 4 is 0 Å². The maximum absolute atomic E-state index is 13.3. The Hall–Kier alpha value is -0.930. The van der Waals surface area contributed by atoms with Crippen LogP contribution >= 0.6 is 0 Å². The number of benzene rings is 1. The summed E-state index contributed by atoms with van der Waals surface area (Å²) in [5, 5.41) is 9.61. The molecule has 0 amide bonds. The molecule has 1 aromatic rings. The summed E-state index contributed by atoms with van der Waals surface area (Å²) in [5.74, 6) is -0.257. The van der Waals surface area contributed by atoms with Crippen molar-refractivity contribution in [2.45, 2.75) is 62.6 Å². The lowest BCUT2D eigenvalue weighted by molar-refractivity contribution is -0.0427. The van der Waals surface area contributed by atoms with Crippen molar-refractivity contribution in [3.8, 4) is 0 Å². The molecule has 1 N–H and O–H groups in total. The second kappa shape index (κ2) is 5.82. The normalized spacial score (nSPS) is 26.2. The molecule has 2 unspecified atom stereocenters. The standard InChI is InChI=1S/C17H23FO2/c18-15-5-3-4-13(10-15)14(12-19)11-16-6-9-17(20-16)7-1-2-8-17/h3-5,10,14,16,19H,1-2,6-9,11-12H2. The topological polar surface area (TPSA) is 29.5 Å². The number of aliphatic hydroxyl groups excluding tert-OH is 1. The van der Waals surface area contributed by atoms with E-state index in [4.69, 9.17) is 4.74 Å². The first-order valence-corrected chi connectivity index (χ1v) is 7.75. The Kier molecular flexibility index (Phi) is 4.08. The van der Waals surface area contributed by atoms with Crippen LogP contribution in [0.2, 0.25) is 0 Å². The zero-order valence-electron chi connectivity index (χ0n) is 11.9. The lowest BCUT2D eigenvalue weighted by Gasteiger charge is -2.25. The van der Waals surface area contributed by atoms with Crippen LogP contribution in [0.15, 0.2) is 24.3 Å². The van der Waals surface area contributed by atoms with Gasteiger partial charge >= 0.3 is 0 Å². The van der Waals surface area contributed by atoms with Gasteiger partial charge in [-0.1, -0.05) is 25.0 Å². The van der Waals surface area contributed by atoms with E-state index in [0.717, 1.165) is 24.8 Å². The SMILES string of the molecule is OCC(CC1CCC2(CCCC2)O1)c1cccc(F)c1. The van der Waals surface area contributed by atoms with E-state index in [1.165, 1.54) is 37.8 Å². The summed E-state index contributed by atoms with van der Waals surface area (Å²) in [5.41, 5.74) is 1.01. The molecule has 2 atom stereocenters. The number of ether oxygens (including phenoxy) is 1. The molecule has 20 heavy (non-hydrogen) atoms. The number of halogens is 1. The third kappa shape index (κ3) is 2.89. The summed E-state index contributed by atoms with van der Waals surface area (Å²) in [4.78, 5) is 0. The quantitative estimate of drug-likeness (QED) is 0.908. The molecule has 1 aliphatic heterocycles. The molecular formula is C17H23FO2. The van der Waals surface area contributed by atoms with Crippen molar-refractivity contribution < 1.29 is 14.2 Å². The number of hydrogen-bond donors (Lipinski definition) is 1. The Balaban J connectivity index is 1.64. The lowest BCUT2D eigenvalue weighted by Crippen LogP contribution is -2.25. The molecule has 3 heteroatoms. The molecule has 0 radical (unpaired) electrons. The highest BCUT2D eigenvalue weighted by Gasteiger charge is 2.42. The minimum absolute atomic E-state index is 0.0211. The van der Waals surface area contributed by atoms with Crippen molar-refractivity contribution in [3.63, 3.8) is 0 Å². The van der Waals surface area contributed by atoms with Gasteiger partial charge in [-0.05, 0) is 49.8 Å². The van der Waals surface area contributed by atoms with Crippen molar-refractivity contribution in [1.82, 2.24) is 0 Å². The third-order valence-electron chi connectivity index (χ3n) is 4.94. The summed E-state index contributed by atoms with van der Waals surface area (Å²) in [7, 11) is 0. The largest absolute Gasteiger partial charge is 0.396 e. The average Bonchev–Trinajstić information content (AvgIpc) is 3.07. The van der Waals surface area contributed by atoms with Gasteiger partial charge in [-0.15, -0.1) is 0 Å². The van der Waals surface area contributed by atoms with Gasteiger partial charge in [0.25, 0.3) is 0 Å². The minimum Gasteiger partial charge on any atom is -0.396 e. The number of hydrogen-bond acceptors (Lipinski definition) is 2. The van der Waals surface area contributed by atoms with Crippen LogP contribution < -0.4 is 0 Å². The van der Waals surface area contributed by atoms with E-state index in [9.17, 15) is 9.50 Å². The van der Waals surface area contributed by atoms with E-state index < -0.39 is 0 Å². The number of rotatable bonds is 4. The molecule has 1 spiro atoms. The molecular weight excluding hydrogens is 255 g/mol. The Labute approximate surface area is 120 Å². The van der Waals surface area contributed by atoms with E-state index in [1.54, 1.807) is 6.07 Å². The lowest BCUT2D eigenvalue weighted by atomic mass is 9.92. The molecule has 1 saturated heterocycles.